The van der Waals surface area contributed by atoms with Crippen molar-refractivity contribution in [2.75, 3.05) is 5.75 Å². The number of hydrogen-bond acceptors (Lipinski definition) is 3. The first-order valence-corrected chi connectivity index (χ1v) is 4.41. The van der Waals surface area contributed by atoms with Gasteiger partial charge in [0.05, 0.1) is 5.70 Å². The van der Waals surface area contributed by atoms with Crippen LogP contribution in [0.25, 0.3) is 0 Å². The Morgan fingerprint density at radius 2 is 2.33 bits per heavy atom. The van der Waals surface area contributed by atoms with Gasteiger partial charge < -0.3 is 5.73 Å². The summed E-state index contributed by atoms with van der Waals surface area (Å²) in [5, 5.41) is 0. The van der Waals surface area contributed by atoms with Crippen molar-refractivity contribution in [1.82, 2.24) is 0 Å². The maximum atomic E-state index is 5.57. The third kappa shape index (κ3) is 1.95. The zero-order chi connectivity index (χ0) is 7.68. The zero-order valence-corrected chi connectivity index (χ0v) is 10.1. The number of thioether (sulfide) groups is 1. The molecule has 0 unspecified atom stereocenters. The summed E-state index contributed by atoms with van der Waals surface area (Å²) < 4.78 is 0. The summed E-state index contributed by atoms with van der Waals surface area (Å²) in [5.41, 5.74) is 6.60. The molecule has 0 bridgehead atoms. The summed E-state index contributed by atoms with van der Waals surface area (Å²) in [6.45, 7) is 0. The van der Waals surface area contributed by atoms with Gasteiger partial charge in [-0.25, -0.2) is 4.99 Å². The molecule has 4 heteroatoms. The van der Waals surface area contributed by atoms with Gasteiger partial charge in [-0.1, -0.05) is 6.08 Å². The first-order valence-electron chi connectivity index (χ1n) is 3.42. The molecule has 60 valence electrons. The van der Waals surface area contributed by atoms with Crippen LogP contribution in [0, 0.1) is 0 Å². The number of allylic oxidation sites excluding steroid dienone is 2. The van der Waals surface area contributed by atoms with E-state index in [4.69, 9.17) is 5.73 Å². The van der Waals surface area contributed by atoms with Crippen LogP contribution in [0.1, 0.15) is 0 Å². The molecule has 0 saturated carbocycles. The largest absolute Gasteiger partial charge is 0.384 e. The fourth-order valence-electron chi connectivity index (χ4n) is 1.03. The smallest absolute Gasteiger partial charge is 0.124 e. The van der Waals surface area contributed by atoms with Crippen LogP contribution < -0.4 is 5.73 Å². The van der Waals surface area contributed by atoms with Gasteiger partial charge in [0.15, 0.2) is 0 Å². The van der Waals surface area contributed by atoms with Crippen molar-refractivity contribution in [2.24, 2.45) is 10.7 Å². The minimum Gasteiger partial charge on any atom is -0.384 e. The van der Waals surface area contributed by atoms with Crippen molar-refractivity contribution in [3.05, 3.63) is 34.9 Å². The second-order valence-electron chi connectivity index (χ2n) is 2.33. The Labute approximate surface area is 92.7 Å². The van der Waals surface area contributed by atoms with E-state index in [2.05, 4.69) is 11.1 Å². The molecule has 2 nitrogen and oxygen atoms in total. The minimum atomic E-state index is 0. The molecule has 2 aliphatic heterocycles. The van der Waals surface area contributed by atoms with Crippen molar-refractivity contribution in [3.8, 4) is 0 Å². The van der Waals surface area contributed by atoms with Crippen LogP contribution in [0.15, 0.2) is 39.9 Å². The molecule has 0 amide bonds. The standard InChI is InChI=1S/C8H8N2S.Sn/c9-8-3-1-2-7-6(10-8)4-5-11-7;/h1-4H,5H2,(H2,9,10);. The molecular formula is C8H8N2SSn. The predicted molar refractivity (Wildman–Crippen MR) is 55.1 cm³/mol. The van der Waals surface area contributed by atoms with Crippen LogP contribution in [0.3, 0.4) is 0 Å². The summed E-state index contributed by atoms with van der Waals surface area (Å²) in [4.78, 5) is 5.44. The van der Waals surface area contributed by atoms with Gasteiger partial charge in [0.1, 0.15) is 5.84 Å². The molecule has 0 aromatic heterocycles. The quantitative estimate of drug-likeness (QED) is 0.675. The molecule has 2 heterocycles. The first kappa shape index (κ1) is 9.92. The van der Waals surface area contributed by atoms with Crippen molar-refractivity contribution in [3.63, 3.8) is 0 Å². The zero-order valence-electron chi connectivity index (χ0n) is 6.45. The molecule has 0 aromatic carbocycles. The minimum absolute atomic E-state index is 0. The van der Waals surface area contributed by atoms with Gasteiger partial charge in [-0.2, -0.15) is 0 Å². The van der Waals surface area contributed by atoms with Crippen LogP contribution >= 0.6 is 11.8 Å². The average Bonchev–Trinajstić information content (AvgIpc) is 2.31. The van der Waals surface area contributed by atoms with E-state index < -0.39 is 0 Å². The molecule has 0 aromatic rings. The Hall–Kier alpha value is -0.161. The predicted octanol–water partition coefficient (Wildman–Crippen LogP) is 1.05. The Morgan fingerprint density at radius 3 is 3.17 bits per heavy atom. The molecule has 2 N–H and O–H groups in total. The molecule has 0 fully saturated rings. The second kappa shape index (κ2) is 4.18. The molecule has 4 radical (unpaired) electrons. The molecule has 2 rings (SSSR count). The summed E-state index contributed by atoms with van der Waals surface area (Å²) >= 11 is 1.80. The maximum Gasteiger partial charge on any atom is 0.124 e. The van der Waals surface area contributed by atoms with E-state index in [9.17, 15) is 0 Å². The van der Waals surface area contributed by atoms with Gasteiger partial charge >= 0.3 is 0 Å². The van der Waals surface area contributed by atoms with Crippen LogP contribution in [-0.2, 0) is 0 Å². The van der Waals surface area contributed by atoms with E-state index in [1.54, 1.807) is 11.8 Å². The van der Waals surface area contributed by atoms with Gasteiger partial charge in [-0.15, -0.1) is 11.8 Å². The van der Waals surface area contributed by atoms with Crippen LogP contribution in [-0.4, -0.2) is 35.5 Å². The third-order valence-corrected chi connectivity index (χ3v) is 2.52. The monoisotopic (exact) mass is 284 g/mol. The van der Waals surface area contributed by atoms with E-state index in [-0.39, 0.29) is 23.9 Å². The van der Waals surface area contributed by atoms with Gasteiger partial charge in [-0.05, 0) is 18.2 Å². The normalized spacial score (nSPS) is 19.8. The first-order chi connectivity index (χ1) is 5.36. The third-order valence-electron chi connectivity index (χ3n) is 1.53. The van der Waals surface area contributed by atoms with Crippen molar-refractivity contribution < 1.29 is 0 Å². The van der Waals surface area contributed by atoms with Gasteiger partial charge in [-0.3, -0.25) is 0 Å². The Balaban J connectivity index is 0.000000720. The number of amidine groups is 1. The summed E-state index contributed by atoms with van der Waals surface area (Å²) in [5.74, 6) is 1.61. The topological polar surface area (TPSA) is 38.4 Å². The molecule has 0 saturated heterocycles. The number of nitrogens with two attached hydrogens (primary N) is 1. The second-order valence-corrected chi connectivity index (χ2v) is 3.39. The number of fused-ring (bicyclic) bond motifs is 1. The van der Waals surface area contributed by atoms with Crippen LogP contribution in [0.2, 0.25) is 0 Å². The van der Waals surface area contributed by atoms with E-state index in [1.807, 2.05) is 18.2 Å². The number of nitrogens with zero attached hydrogens (tertiary/aromatic N) is 1. The molecule has 0 aliphatic carbocycles. The van der Waals surface area contributed by atoms with Crippen LogP contribution in [0.4, 0.5) is 0 Å². The maximum absolute atomic E-state index is 5.57. The van der Waals surface area contributed by atoms with E-state index in [0.29, 0.717) is 5.84 Å². The van der Waals surface area contributed by atoms with Crippen molar-refractivity contribution >= 4 is 41.5 Å². The Bertz CT molecular complexity index is 302. The van der Waals surface area contributed by atoms with Crippen molar-refractivity contribution in [1.29, 1.82) is 0 Å². The van der Waals surface area contributed by atoms with Crippen LogP contribution in [0.5, 0.6) is 0 Å². The molecular weight excluding hydrogens is 275 g/mol. The van der Waals surface area contributed by atoms with Crippen molar-refractivity contribution in [2.45, 2.75) is 0 Å². The Kier molecular flexibility index (Phi) is 3.46. The summed E-state index contributed by atoms with van der Waals surface area (Å²) in [6.07, 6.45) is 7.89. The van der Waals surface area contributed by atoms with E-state index in [0.717, 1.165) is 11.4 Å². The fourth-order valence-corrected chi connectivity index (χ4v) is 1.90. The number of hydrogen-bond donors (Lipinski definition) is 1. The molecule has 2 aliphatic rings. The van der Waals surface area contributed by atoms with Gasteiger partial charge in [0.25, 0.3) is 0 Å². The Morgan fingerprint density at radius 1 is 1.50 bits per heavy atom. The molecule has 0 atom stereocenters. The van der Waals surface area contributed by atoms with E-state index >= 15 is 0 Å². The van der Waals surface area contributed by atoms with Gasteiger partial charge in [0, 0.05) is 34.6 Å². The fraction of sp³-hybridized carbons (Fsp3) is 0.125. The molecule has 12 heavy (non-hydrogen) atoms. The SMILES string of the molecule is NC1=NC2=CCSC2=CC=C1.[Sn]. The van der Waals surface area contributed by atoms with E-state index in [1.165, 1.54) is 4.91 Å². The summed E-state index contributed by atoms with van der Waals surface area (Å²) in [7, 11) is 0. The molecule has 0 spiro atoms. The number of rotatable bonds is 0. The summed E-state index contributed by atoms with van der Waals surface area (Å²) in [6, 6.07) is 0. The van der Waals surface area contributed by atoms with Gasteiger partial charge in [0.2, 0.25) is 0 Å². The number of aliphatic imine (C=N–C) groups is 1. The average molecular weight is 283 g/mol.